The number of halogens is 1. The highest BCUT2D eigenvalue weighted by atomic mass is 32.1. The lowest BCUT2D eigenvalue weighted by atomic mass is 9.79. The number of aliphatic hydroxyl groups is 1. The maximum absolute atomic E-state index is 14.2. The van der Waals surface area contributed by atoms with E-state index in [0.717, 1.165) is 16.1 Å². The number of aliphatic hydroxyl groups excluding tert-OH is 1. The number of hydrogen-bond donors (Lipinski definition) is 4. The van der Waals surface area contributed by atoms with Gasteiger partial charge in [0.15, 0.2) is 5.79 Å². The van der Waals surface area contributed by atoms with Crippen molar-refractivity contribution in [3.8, 4) is 16.2 Å². The number of aromatic nitrogens is 1. The molecule has 1 aromatic heterocycles. The van der Waals surface area contributed by atoms with E-state index in [-0.39, 0.29) is 38.1 Å². The molecule has 2 aliphatic rings. The summed E-state index contributed by atoms with van der Waals surface area (Å²) in [7, 11) is 0. The monoisotopic (exact) mass is 532 g/mol. The van der Waals surface area contributed by atoms with Crippen molar-refractivity contribution in [3.05, 3.63) is 35.0 Å². The molecule has 200 valence electrons. The average molecular weight is 533 g/mol. The van der Waals surface area contributed by atoms with Gasteiger partial charge in [-0.15, -0.1) is 11.3 Å². The van der Waals surface area contributed by atoms with Crippen LogP contribution in [-0.4, -0.2) is 62.3 Å². The van der Waals surface area contributed by atoms with E-state index >= 15 is 0 Å². The van der Waals surface area contributed by atoms with Crippen molar-refractivity contribution in [2.75, 3.05) is 6.54 Å². The molecule has 1 aliphatic heterocycles. The van der Waals surface area contributed by atoms with Crippen molar-refractivity contribution in [1.29, 1.82) is 0 Å². The topological polar surface area (TPSA) is 132 Å². The van der Waals surface area contributed by atoms with Crippen LogP contribution in [0, 0.1) is 18.3 Å². The number of thiazole rings is 1. The third kappa shape index (κ3) is 5.93. The maximum atomic E-state index is 14.2. The van der Waals surface area contributed by atoms with Crippen molar-refractivity contribution in [2.24, 2.45) is 11.3 Å². The van der Waals surface area contributed by atoms with E-state index in [4.69, 9.17) is 0 Å². The Morgan fingerprint density at radius 1 is 1.30 bits per heavy atom. The van der Waals surface area contributed by atoms with Crippen LogP contribution in [0.5, 0.6) is 5.75 Å². The first kappa shape index (κ1) is 27.0. The number of alkyl halides is 1. The molecule has 0 radical (unpaired) electrons. The zero-order valence-electron chi connectivity index (χ0n) is 21.4. The van der Waals surface area contributed by atoms with Crippen LogP contribution >= 0.6 is 11.3 Å². The molecular formula is C26H33FN4O5S. The quantitative estimate of drug-likeness (QED) is 0.320. The number of likely N-dealkylation sites (tertiary alicyclic amines) is 1. The number of aromatic hydroxyl groups is 1. The molecule has 37 heavy (non-hydrogen) atoms. The number of aryl methyl sites for hydroxylation is 1. The van der Waals surface area contributed by atoms with Gasteiger partial charge in [0, 0.05) is 37.9 Å². The summed E-state index contributed by atoms with van der Waals surface area (Å²) >= 11 is 1.47. The fourth-order valence-electron chi connectivity index (χ4n) is 4.61. The van der Waals surface area contributed by atoms with Crippen LogP contribution in [0.3, 0.4) is 0 Å². The maximum Gasteiger partial charge on any atom is 0.243 e. The second-order valence-electron chi connectivity index (χ2n) is 11.0. The Labute approximate surface area is 219 Å². The number of rotatable bonds is 7. The minimum atomic E-state index is -1.78. The zero-order chi connectivity index (χ0) is 27.1. The number of nitrogens with one attached hydrogen (secondary N) is 2. The van der Waals surface area contributed by atoms with E-state index in [1.807, 2.05) is 13.0 Å². The highest BCUT2D eigenvalue weighted by molar-refractivity contribution is 7.13. The van der Waals surface area contributed by atoms with Crippen LogP contribution < -0.4 is 10.6 Å². The van der Waals surface area contributed by atoms with E-state index in [9.17, 15) is 29.0 Å². The standard InChI is InChI=1S/C26H33FN4O5S/c1-14-21(37-13-29-14)15-5-6-16(19(33)9-15)11-28-22(34)18-10-17(32)12-31(18)24(36)20(25(2,3)4)23(35)30-26(27)7-8-26/h5-6,9,13,17-18,20,32-33H,7-8,10-12H2,1-4H3,(H,28,34)(H,30,35)/t17-,18+,20+/m1/s1. The summed E-state index contributed by atoms with van der Waals surface area (Å²) in [5.41, 5.74) is 3.05. The second kappa shape index (κ2) is 10.0. The molecule has 1 saturated heterocycles. The Balaban J connectivity index is 1.46. The number of benzene rings is 1. The predicted octanol–water partition coefficient (Wildman–Crippen LogP) is 2.64. The predicted molar refractivity (Wildman–Crippen MR) is 136 cm³/mol. The largest absolute Gasteiger partial charge is 0.508 e. The smallest absolute Gasteiger partial charge is 0.243 e. The molecule has 3 atom stereocenters. The zero-order valence-corrected chi connectivity index (χ0v) is 22.2. The van der Waals surface area contributed by atoms with Gasteiger partial charge in [-0.2, -0.15) is 0 Å². The van der Waals surface area contributed by atoms with Gasteiger partial charge in [-0.3, -0.25) is 14.4 Å². The lowest BCUT2D eigenvalue weighted by molar-refractivity contribution is -0.151. The van der Waals surface area contributed by atoms with Crippen LogP contribution in [0.1, 0.15) is 51.3 Å². The van der Waals surface area contributed by atoms with E-state index < -0.39 is 47.0 Å². The molecule has 4 N–H and O–H groups in total. The first-order chi connectivity index (χ1) is 17.3. The summed E-state index contributed by atoms with van der Waals surface area (Å²) < 4.78 is 14.2. The Bertz CT molecular complexity index is 1210. The average Bonchev–Trinajstić information content (AvgIpc) is 3.17. The second-order valence-corrected chi connectivity index (χ2v) is 11.8. The Hall–Kier alpha value is -3.05. The summed E-state index contributed by atoms with van der Waals surface area (Å²) in [6, 6.07) is 4.16. The number of hydrogen-bond acceptors (Lipinski definition) is 7. The third-order valence-corrected chi connectivity index (χ3v) is 7.80. The Morgan fingerprint density at radius 3 is 2.57 bits per heavy atom. The third-order valence-electron chi connectivity index (χ3n) is 6.82. The Morgan fingerprint density at radius 2 is 2.00 bits per heavy atom. The van der Waals surface area contributed by atoms with E-state index in [0.29, 0.717) is 5.56 Å². The van der Waals surface area contributed by atoms with Crippen molar-refractivity contribution >= 4 is 29.1 Å². The fraction of sp³-hybridized carbons (Fsp3) is 0.538. The molecule has 2 aromatic rings. The molecule has 2 heterocycles. The summed E-state index contributed by atoms with van der Waals surface area (Å²) in [4.78, 5) is 45.9. The number of nitrogens with zero attached hydrogens (tertiary/aromatic N) is 2. The van der Waals surface area contributed by atoms with Gasteiger partial charge in [0.05, 0.1) is 22.2 Å². The SMILES string of the molecule is Cc1ncsc1-c1ccc(CNC(=O)[C@@H]2C[C@@H](O)CN2C(=O)[C@H](C(=O)NC2(F)CC2)C(C)(C)C)c(O)c1. The molecule has 11 heteroatoms. The van der Waals surface area contributed by atoms with E-state index in [1.54, 1.807) is 38.4 Å². The first-order valence-corrected chi connectivity index (χ1v) is 13.2. The first-order valence-electron chi connectivity index (χ1n) is 12.3. The number of amides is 3. The van der Waals surface area contributed by atoms with Gasteiger partial charge in [-0.1, -0.05) is 32.9 Å². The molecular weight excluding hydrogens is 499 g/mol. The van der Waals surface area contributed by atoms with Crippen LogP contribution in [-0.2, 0) is 20.9 Å². The molecule has 1 aliphatic carbocycles. The van der Waals surface area contributed by atoms with Crippen molar-refractivity contribution in [3.63, 3.8) is 0 Å². The minimum absolute atomic E-state index is 0.00873. The lowest BCUT2D eigenvalue weighted by Gasteiger charge is -2.34. The molecule has 1 aromatic carbocycles. The number of phenols is 1. The summed E-state index contributed by atoms with van der Waals surface area (Å²) in [5.74, 6) is -4.86. The van der Waals surface area contributed by atoms with Crippen molar-refractivity contribution < 1.29 is 29.0 Å². The molecule has 1 saturated carbocycles. The Kier molecular flexibility index (Phi) is 7.31. The van der Waals surface area contributed by atoms with Gasteiger partial charge in [-0.05, 0) is 24.0 Å². The summed E-state index contributed by atoms with van der Waals surface area (Å²) in [6.45, 7) is 6.90. The molecule has 9 nitrogen and oxygen atoms in total. The van der Waals surface area contributed by atoms with Crippen molar-refractivity contribution in [1.82, 2.24) is 20.5 Å². The van der Waals surface area contributed by atoms with E-state index in [1.165, 1.54) is 16.2 Å². The highest BCUT2D eigenvalue weighted by Crippen LogP contribution is 2.39. The molecule has 0 unspecified atom stereocenters. The molecule has 4 rings (SSSR count). The number of phenolic OH excluding ortho intramolecular Hbond substituents is 1. The number of carbonyl (C=O) groups excluding carboxylic acids is 3. The number of β-amino-alcohol motifs (C(OH)–C–C–N with tert-alkyl or cyclic N) is 1. The van der Waals surface area contributed by atoms with Crippen LogP contribution in [0.25, 0.3) is 10.4 Å². The van der Waals surface area contributed by atoms with Gasteiger partial charge >= 0.3 is 0 Å². The van der Waals surface area contributed by atoms with Gasteiger partial charge in [0.1, 0.15) is 17.7 Å². The molecule has 0 spiro atoms. The molecule has 0 bridgehead atoms. The minimum Gasteiger partial charge on any atom is -0.508 e. The van der Waals surface area contributed by atoms with Gasteiger partial charge in [-0.25, -0.2) is 9.37 Å². The van der Waals surface area contributed by atoms with Crippen LogP contribution in [0.15, 0.2) is 23.7 Å². The highest BCUT2D eigenvalue weighted by Gasteiger charge is 2.51. The van der Waals surface area contributed by atoms with Gasteiger partial charge in [0.25, 0.3) is 0 Å². The van der Waals surface area contributed by atoms with Crippen LogP contribution in [0.2, 0.25) is 0 Å². The molecule has 3 amide bonds. The summed E-state index contributed by atoms with van der Waals surface area (Å²) in [6.07, 6.45) is -0.516. The fourth-order valence-corrected chi connectivity index (χ4v) is 5.41. The van der Waals surface area contributed by atoms with Gasteiger partial charge < -0.3 is 25.7 Å². The van der Waals surface area contributed by atoms with Crippen LogP contribution in [0.4, 0.5) is 4.39 Å². The van der Waals surface area contributed by atoms with Gasteiger partial charge in [0.2, 0.25) is 17.7 Å². The normalized spacial score (nSPS) is 21.4. The lowest BCUT2D eigenvalue weighted by Crippen LogP contribution is -2.54. The number of carbonyl (C=O) groups is 3. The van der Waals surface area contributed by atoms with Crippen molar-refractivity contribution in [2.45, 2.75) is 71.4 Å². The van der Waals surface area contributed by atoms with E-state index in [2.05, 4.69) is 15.6 Å². The molecule has 2 fully saturated rings. The summed E-state index contributed by atoms with van der Waals surface area (Å²) in [5, 5.41) is 25.9.